The second-order valence-electron chi connectivity index (χ2n) is 28.0. The van der Waals surface area contributed by atoms with Crippen molar-refractivity contribution in [2.24, 2.45) is 0 Å². The Morgan fingerprint density at radius 2 is 0.491 bits per heavy atom. The van der Waals surface area contributed by atoms with E-state index in [1.165, 1.54) is 109 Å². The zero-order valence-electron chi connectivity index (χ0n) is 67.1. The minimum atomic E-state index is -4.99. The van der Waals surface area contributed by atoms with Crippen LogP contribution in [0.4, 0.5) is 0 Å². The molecule has 612 valence electrons. The number of aliphatic hydroxyl groups is 1. The highest BCUT2D eigenvalue weighted by Gasteiger charge is 2.30. The van der Waals surface area contributed by atoms with Gasteiger partial charge in [-0.15, -0.1) is 0 Å². The summed E-state index contributed by atoms with van der Waals surface area (Å²) in [6.07, 6.45) is 86.2. The summed E-state index contributed by atoms with van der Waals surface area (Å²) in [4.78, 5) is 73.2. The minimum absolute atomic E-state index is 0.0815. The molecule has 0 radical (unpaired) electrons. The number of rotatable bonds is 79. The first-order valence-electron chi connectivity index (χ1n) is 42.1. The molecule has 0 aliphatic heterocycles. The second kappa shape index (κ2) is 78.8. The first kappa shape index (κ1) is 102. The fourth-order valence-electron chi connectivity index (χ4n) is 11.3. The van der Waals surface area contributed by atoms with Gasteiger partial charge in [0.1, 0.15) is 19.3 Å². The van der Waals surface area contributed by atoms with E-state index < -0.39 is 97.5 Å². The summed E-state index contributed by atoms with van der Waals surface area (Å²) in [7, 11) is -9.97. The molecule has 5 unspecified atom stereocenters. The molecule has 0 rings (SSSR count). The number of aliphatic hydroxyl groups excluding tert-OH is 1. The van der Waals surface area contributed by atoms with Crippen LogP contribution in [0, 0.1) is 0 Å². The maximum atomic E-state index is 13.1. The van der Waals surface area contributed by atoms with Crippen molar-refractivity contribution in [1.29, 1.82) is 0 Å². The molecular weight excluding hydrogens is 1380 g/mol. The third-order valence-electron chi connectivity index (χ3n) is 17.7. The Balaban J connectivity index is 5.37. The molecular formula is C87H152O17P2. The van der Waals surface area contributed by atoms with Crippen LogP contribution in [0.25, 0.3) is 0 Å². The Kier molecular flexibility index (Phi) is 75.6. The highest BCUT2D eigenvalue weighted by atomic mass is 31.2. The van der Waals surface area contributed by atoms with E-state index in [1.54, 1.807) is 0 Å². The largest absolute Gasteiger partial charge is 0.472 e. The van der Waals surface area contributed by atoms with E-state index in [2.05, 4.69) is 137 Å². The van der Waals surface area contributed by atoms with Gasteiger partial charge in [0.2, 0.25) is 0 Å². The minimum Gasteiger partial charge on any atom is -0.462 e. The van der Waals surface area contributed by atoms with Crippen LogP contribution in [0.2, 0.25) is 0 Å². The Labute approximate surface area is 645 Å². The molecule has 0 fully saturated rings. The Morgan fingerprint density at radius 1 is 0.274 bits per heavy atom. The SMILES string of the molecule is CC/C=C\C/C=C\C/C=C\C/C=C\C/C=C\CCCCCC(=O)OCC(COP(=O)(O)OCC(O)COP(=O)(O)OCC(COC(=O)CCCCCCCC/C=C\C/C=C\C/C=C\CCCCC)OC(=O)CCCCCCC/C=C\CCCCCC)OC(=O)CCCCCCCCCCCCCCCCC. The lowest BCUT2D eigenvalue weighted by Crippen LogP contribution is -2.30. The highest BCUT2D eigenvalue weighted by Crippen LogP contribution is 2.45. The summed E-state index contributed by atoms with van der Waals surface area (Å²) >= 11 is 0. The van der Waals surface area contributed by atoms with Crippen molar-refractivity contribution < 1.29 is 80.2 Å². The van der Waals surface area contributed by atoms with Crippen molar-refractivity contribution >= 4 is 39.5 Å². The smallest absolute Gasteiger partial charge is 0.462 e. The topological polar surface area (TPSA) is 237 Å². The summed E-state index contributed by atoms with van der Waals surface area (Å²) in [6.45, 7) is 4.72. The third kappa shape index (κ3) is 77.9. The first-order valence-corrected chi connectivity index (χ1v) is 45.1. The normalized spacial score (nSPS) is 14.4. The molecule has 3 N–H and O–H groups in total. The maximum Gasteiger partial charge on any atom is 0.472 e. The summed E-state index contributed by atoms with van der Waals surface area (Å²) in [5.74, 6) is -2.21. The molecule has 0 bridgehead atoms. The lowest BCUT2D eigenvalue weighted by Gasteiger charge is -2.21. The van der Waals surface area contributed by atoms with E-state index in [4.69, 9.17) is 37.0 Å². The number of hydrogen-bond acceptors (Lipinski definition) is 15. The average Bonchev–Trinajstić information content (AvgIpc) is 0.933. The van der Waals surface area contributed by atoms with Gasteiger partial charge >= 0.3 is 39.5 Å². The molecule has 106 heavy (non-hydrogen) atoms. The van der Waals surface area contributed by atoms with Gasteiger partial charge in [0.05, 0.1) is 26.4 Å². The van der Waals surface area contributed by atoms with E-state index in [9.17, 15) is 43.2 Å². The van der Waals surface area contributed by atoms with Crippen LogP contribution in [0.5, 0.6) is 0 Å². The zero-order valence-corrected chi connectivity index (χ0v) is 68.9. The maximum absolute atomic E-state index is 13.1. The number of carbonyl (C=O) groups excluding carboxylic acids is 4. The van der Waals surface area contributed by atoms with Crippen LogP contribution in [0.1, 0.15) is 362 Å². The van der Waals surface area contributed by atoms with Crippen LogP contribution in [0.15, 0.2) is 109 Å². The number of carbonyl (C=O) groups is 4. The Hall–Kier alpha value is -4.28. The van der Waals surface area contributed by atoms with E-state index in [-0.39, 0.29) is 25.7 Å². The fourth-order valence-corrected chi connectivity index (χ4v) is 12.9. The number of unbranched alkanes of at least 4 members (excludes halogenated alkanes) is 35. The molecule has 0 aliphatic rings. The summed E-state index contributed by atoms with van der Waals surface area (Å²) < 4.78 is 68.7. The molecule has 0 spiro atoms. The van der Waals surface area contributed by atoms with E-state index in [0.717, 1.165) is 173 Å². The molecule has 0 saturated carbocycles. The first-order chi connectivity index (χ1) is 51.7. The Morgan fingerprint density at radius 3 is 0.802 bits per heavy atom. The predicted octanol–water partition coefficient (Wildman–Crippen LogP) is 24.9. The predicted molar refractivity (Wildman–Crippen MR) is 436 cm³/mol. The molecule has 5 atom stereocenters. The van der Waals surface area contributed by atoms with Crippen LogP contribution in [0.3, 0.4) is 0 Å². The number of esters is 4. The van der Waals surface area contributed by atoms with Gasteiger partial charge in [-0.2, -0.15) is 0 Å². The number of allylic oxidation sites excluding steroid dienone is 18. The van der Waals surface area contributed by atoms with Gasteiger partial charge in [-0.25, -0.2) is 9.13 Å². The van der Waals surface area contributed by atoms with Crippen molar-refractivity contribution in [3.05, 3.63) is 109 Å². The average molecular weight is 1530 g/mol. The van der Waals surface area contributed by atoms with Crippen molar-refractivity contribution in [1.82, 2.24) is 0 Å². The van der Waals surface area contributed by atoms with Crippen molar-refractivity contribution in [2.45, 2.75) is 380 Å². The number of phosphoric acid groups is 2. The zero-order chi connectivity index (χ0) is 77.4. The van der Waals surface area contributed by atoms with E-state index in [1.807, 2.05) is 0 Å². The van der Waals surface area contributed by atoms with Crippen molar-refractivity contribution in [3.63, 3.8) is 0 Å². The van der Waals surface area contributed by atoms with Gasteiger partial charge in [-0.1, -0.05) is 310 Å². The van der Waals surface area contributed by atoms with Gasteiger partial charge in [0, 0.05) is 25.7 Å². The third-order valence-corrected chi connectivity index (χ3v) is 19.6. The number of phosphoric ester groups is 2. The van der Waals surface area contributed by atoms with E-state index >= 15 is 0 Å². The molecule has 0 aromatic heterocycles. The van der Waals surface area contributed by atoms with Crippen LogP contribution >= 0.6 is 15.6 Å². The van der Waals surface area contributed by atoms with E-state index in [0.29, 0.717) is 25.7 Å². The summed E-state index contributed by atoms with van der Waals surface area (Å²) in [6, 6.07) is 0. The van der Waals surface area contributed by atoms with Crippen molar-refractivity contribution in [3.8, 4) is 0 Å². The monoisotopic (exact) mass is 1530 g/mol. The molecule has 0 aromatic carbocycles. The lowest BCUT2D eigenvalue weighted by molar-refractivity contribution is -0.161. The molecule has 0 aliphatic carbocycles. The number of ether oxygens (including phenoxy) is 4. The van der Waals surface area contributed by atoms with Gasteiger partial charge < -0.3 is 33.8 Å². The highest BCUT2D eigenvalue weighted by molar-refractivity contribution is 7.47. The Bertz CT molecular complexity index is 2430. The molecule has 0 amide bonds. The molecule has 0 heterocycles. The number of hydrogen-bond donors (Lipinski definition) is 3. The summed E-state index contributed by atoms with van der Waals surface area (Å²) in [5.41, 5.74) is 0. The molecule has 17 nitrogen and oxygen atoms in total. The fraction of sp³-hybridized carbons (Fsp3) is 0.747. The van der Waals surface area contributed by atoms with Crippen molar-refractivity contribution in [2.75, 3.05) is 39.6 Å². The van der Waals surface area contributed by atoms with Crippen LogP contribution in [-0.2, 0) is 65.4 Å². The van der Waals surface area contributed by atoms with Gasteiger partial charge in [-0.05, 0) is 135 Å². The molecule has 19 heteroatoms. The summed E-state index contributed by atoms with van der Waals surface area (Å²) in [5, 5.41) is 10.7. The van der Waals surface area contributed by atoms with Gasteiger partial charge in [0.25, 0.3) is 0 Å². The van der Waals surface area contributed by atoms with Crippen LogP contribution < -0.4 is 0 Å². The second-order valence-corrected chi connectivity index (χ2v) is 30.9. The lowest BCUT2D eigenvalue weighted by atomic mass is 10.0. The molecule has 0 saturated heterocycles. The quantitative estimate of drug-likeness (QED) is 0.0169. The van der Waals surface area contributed by atoms with Crippen LogP contribution in [-0.4, -0.2) is 96.7 Å². The van der Waals surface area contributed by atoms with Gasteiger partial charge in [0.15, 0.2) is 12.2 Å². The van der Waals surface area contributed by atoms with Gasteiger partial charge in [-0.3, -0.25) is 37.3 Å². The molecule has 0 aromatic rings. The standard InChI is InChI=1S/C87H152O17P2/c1-5-9-13-17-21-25-29-33-36-38-40-42-45-48-51-55-59-63-67-71-84(89)97-77-82(103-86(91)73-69-65-61-57-53-47-32-28-24-20-16-12-8-4)79-101-105(93,94)99-75-81(88)76-100-106(95,96)102-80-83(104-87(92)74-70-66-62-58-54-50-44-35-31-27-23-19-15-11-7-3)78-98-85(90)72-68-64-60-56-52-49-46-43-41-39-37-34-30-26-22-18-14-10-6-2/h10,14,21-22,25-26,28,32-34,36-37,40-43,49,52,81-83,88H,5-9,11-13,15-20,23-24,27,29-31,35,38-39,44-48,50-51,53-80H2,1-4H3,(H,93,94)(H,95,96)/b14-10-,25-21-,26-22-,32-28-,36-33-,37-34-,42-40-,43-41-,52-49-.